The molecule has 0 aliphatic carbocycles. The van der Waals surface area contributed by atoms with Crippen LogP contribution in [0.4, 0.5) is 13.2 Å². The minimum Gasteiger partial charge on any atom is -0.492 e. The fourth-order valence-electron chi connectivity index (χ4n) is 4.64. The number of fused-ring (bicyclic) bond motifs is 1. The lowest BCUT2D eigenvalue weighted by atomic mass is 10.0. The molecule has 0 aliphatic rings. The molecule has 0 N–H and O–H groups in total. The van der Waals surface area contributed by atoms with Crippen LogP contribution in [0, 0.1) is 13.8 Å². The molecule has 3 heterocycles. The molecular formula is C31H31F3N4O3. The summed E-state index contributed by atoms with van der Waals surface area (Å²) in [6.07, 6.45) is 0.00333. The number of alkyl halides is 3. The number of aromatic nitrogens is 3. The minimum atomic E-state index is -4.75. The van der Waals surface area contributed by atoms with E-state index in [0.29, 0.717) is 40.6 Å². The van der Waals surface area contributed by atoms with Gasteiger partial charge in [0.05, 0.1) is 18.8 Å². The smallest absolute Gasteiger partial charge is 0.421 e. The van der Waals surface area contributed by atoms with Gasteiger partial charge in [0.25, 0.3) is 5.56 Å². The zero-order valence-electron chi connectivity index (χ0n) is 23.5. The number of nitrogens with zero attached hydrogens (tertiary/aromatic N) is 4. The lowest BCUT2D eigenvalue weighted by Gasteiger charge is -2.17. The molecule has 7 nitrogen and oxygen atoms in total. The topological polar surface area (TPSA) is 78.6 Å². The van der Waals surface area contributed by atoms with Gasteiger partial charge in [0, 0.05) is 41.6 Å². The van der Waals surface area contributed by atoms with Crippen molar-refractivity contribution in [1.82, 2.24) is 14.5 Å². The van der Waals surface area contributed by atoms with E-state index in [1.54, 1.807) is 19.3 Å². The molecule has 10 heteroatoms. The number of aliphatic imine (C=N–C) groups is 1. The molecule has 0 amide bonds. The summed E-state index contributed by atoms with van der Waals surface area (Å²) in [5, 5.41) is 0.825. The maximum absolute atomic E-state index is 13.3. The van der Waals surface area contributed by atoms with E-state index < -0.39 is 17.3 Å². The largest absolute Gasteiger partial charge is 0.492 e. The van der Waals surface area contributed by atoms with Gasteiger partial charge in [-0.05, 0) is 69.7 Å². The van der Waals surface area contributed by atoms with Gasteiger partial charge in [-0.25, -0.2) is 4.98 Å². The normalized spacial score (nSPS) is 12.6. The molecule has 41 heavy (non-hydrogen) atoms. The number of hydrogen-bond donors (Lipinski definition) is 0. The predicted molar refractivity (Wildman–Crippen MR) is 152 cm³/mol. The van der Waals surface area contributed by atoms with Gasteiger partial charge in [-0.1, -0.05) is 12.1 Å². The first kappa shape index (κ1) is 29.5. The highest BCUT2D eigenvalue weighted by Crippen LogP contribution is 2.30. The quantitative estimate of drug-likeness (QED) is 0.173. The summed E-state index contributed by atoms with van der Waals surface area (Å²) >= 11 is 0. The summed E-state index contributed by atoms with van der Waals surface area (Å²) in [5.74, 6) is 1.18. The van der Waals surface area contributed by atoms with Crippen molar-refractivity contribution < 1.29 is 22.6 Å². The molecule has 1 aromatic carbocycles. The Bertz CT molecular complexity index is 1690. The second-order valence-corrected chi connectivity index (χ2v) is 9.32. The summed E-state index contributed by atoms with van der Waals surface area (Å²) in [4.78, 5) is 26.2. The van der Waals surface area contributed by atoms with Crippen molar-refractivity contribution in [3.63, 3.8) is 0 Å². The Hall–Kier alpha value is -4.47. The van der Waals surface area contributed by atoms with Crippen molar-refractivity contribution in [1.29, 1.82) is 0 Å². The van der Waals surface area contributed by atoms with Crippen LogP contribution in [0.5, 0.6) is 5.75 Å². The number of ether oxygens (including phenoxy) is 2. The summed E-state index contributed by atoms with van der Waals surface area (Å²) in [6, 6.07) is 11.3. The first-order valence-corrected chi connectivity index (χ1v) is 13.1. The van der Waals surface area contributed by atoms with E-state index in [4.69, 9.17) is 14.5 Å². The van der Waals surface area contributed by atoms with E-state index >= 15 is 0 Å². The maximum Gasteiger partial charge on any atom is 0.421 e. The Balaban J connectivity index is 1.71. The highest BCUT2D eigenvalue weighted by molar-refractivity contribution is 6.18. The Labute approximate surface area is 236 Å². The Kier molecular flexibility index (Phi) is 8.90. The van der Waals surface area contributed by atoms with Crippen LogP contribution in [0.25, 0.3) is 10.9 Å². The second kappa shape index (κ2) is 12.4. The lowest BCUT2D eigenvalue weighted by molar-refractivity contribution is -0.138. The number of allylic oxidation sites excluding steroid dienone is 2. The van der Waals surface area contributed by atoms with Gasteiger partial charge >= 0.3 is 6.18 Å². The summed E-state index contributed by atoms with van der Waals surface area (Å²) in [6.45, 7) is 7.98. The van der Waals surface area contributed by atoms with Gasteiger partial charge in [-0.3, -0.25) is 14.8 Å². The van der Waals surface area contributed by atoms with E-state index in [9.17, 15) is 18.0 Å². The summed E-state index contributed by atoms with van der Waals surface area (Å²) in [7, 11) is 1.71. The van der Waals surface area contributed by atoms with Crippen molar-refractivity contribution in [2.45, 2.75) is 47.0 Å². The number of rotatable bonds is 9. The van der Waals surface area contributed by atoms with Gasteiger partial charge in [0.1, 0.15) is 34.9 Å². The van der Waals surface area contributed by atoms with Gasteiger partial charge in [0.15, 0.2) is 0 Å². The fourth-order valence-corrected chi connectivity index (χ4v) is 4.64. The Morgan fingerprint density at radius 1 is 1.15 bits per heavy atom. The molecular weight excluding hydrogens is 533 g/mol. The molecule has 0 spiro atoms. The average molecular weight is 565 g/mol. The molecule has 0 saturated carbocycles. The molecule has 3 aromatic heterocycles. The van der Waals surface area contributed by atoms with Gasteiger partial charge in [0.2, 0.25) is 0 Å². The van der Waals surface area contributed by atoms with Crippen LogP contribution in [0.2, 0.25) is 0 Å². The SMILES string of the molecule is C/C=C(/OCC)C(=NC)c1cc(C)nc2c(OCc3c(C)ccnc3Cn3cccc(C(F)(F)F)c3=O)cccc12. The van der Waals surface area contributed by atoms with E-state index in [2.05, 4.69) is 9.98 Å². The molecule has 4 aromatic rings. The van der Waals surface area contributed by atoms with E-state index in [0.717, 1.165) is 32.8 Å². The fraction of sp³-hybridized carbons (Fsp3) is 0.290. The first-order chi connectivity index (χ1) is 19.6. The van der Waals surface area contributed by atoms with Crippen molar-refractivity contribution in [3.05, 3.63) is 111 Å². The number of aryl methyl sites for hydroxylation is 2. The Morgan fingerprint density at radius 2 is 1.93 bits per heavy atom. The Morgan fingerprint density at radius 3 is 2.61 bits per heavy atom. The third-order valence-electron chi connectivity index (χ3n) is 6.60. The predicted octanol–water partition coefficient (Wildman–Crippen LogP) is 6.41. The zero-order chi connectivity index (χ0) is 29.7. The van der Waals surface area contributed by atoms with Crippen molar-refractivity contribution in [3.8, 4) is 5.75 Å². The lowest BCUT2D eigenvalue weighted by Crippen LogP contribution is -2.29. The molecule has 4 rings (SSSR count). The monoisotopic (exact) mass is 564 g/mol. The molecule has 0 aliphatic heterocycles. The van der Waals surface area contributed by atoms with Crippen molar-refractivity contribution in [2.75, 3.05) is 13.7 Å². The molecule has 0 unspecified atom stereocenters. The number of hydrogen-bond acceptors (Lipinski definition) is 6. The van der Waals surface area contributed by atoms with Crippen molar-refractivity contribution >= 4 is 16.6 Å². The zero-order valence-corrected chi connectivity index (χ0v) is 23.5. The number of benzene rings is 1. The number of halogens is 3. The van der Waals surface area contributed by atoms with Gasteiger partial charge in [-0.2, -0.15) is 13.2 Å². The molecule has 0 fully saturated rings. The van der Waals surface area contributed by atoms with Crippen LogP contribution in [0.15, 0.2) is 76.5 Å². The van der Waals surface area contributed by atoms with E-state index in [1.807, 2.05) is 58.0 Å². The third kappa shape index (κ3) is 6.32. The van der Waals surface area contributed by atoms with Crippen LogP contribution in [0.3, 0.4) is 0 Å². The maximum atomic E-state index is 13.3. The van der Waals surface area contributed by atoms with E-state index in [1.165, 1.54) is 12.3 Å². The molecule has 0 bridgehead atoms. The summed E-state index contributed by atoms with van der Waals surface area (Å²) in [5.41, 5.74) is 2.53. The molecule has 0 saturated heterocycles. The number of pyridine rings is 3. The molecule has 0 atom stereocenters. The second-order valence-electron chi connectivity index (χ2n) is 9.32. The highest BCUT2D eigenvalue weighted by atomic mass is 19.4. The number of para-hydroxylation sites is 1. The van der Waals surface area contributed by atoms with Crippen LogP contribution < -0.4 is 10.3 Å². The minimum absolute atomic E-state index is 0.0700. The standard InChI is InChI=1S/C31H31F3N4O3/c1-6-26(40-7-2)28(35-5)22-16-20(4)37-29-21(22)10-8-12-27(29)41-18-23-19(3)13-14-36-25(23)17-38-15-9-11-24(30(38)39)31(32,33)34/h6,8-16H,7,17-18H2,1-5H3/b26-6+,35-28?. The molecule has 214 valence electrons. The average Bonchev–Trinajstić information content (AvgIpc) is 2.93. The van der Waals surface area contributed by atoms with E-state index in [-0.39, 0.29) is 13.2 Å². The van der Waals surface area contributed by atoms with Crippen LogP contribution in [-0.2, 0) is 24.1 Å². The van der Waals surface area contributed by atoms with Gasteiger partial charge < -0.3 is 14.0 Å². The van der Waals surface area contributed by atoms with Crippen LogP contribution in [0.1, 0.15) is 47.5 Å². The van der Waals surface area contributed by atoms with Crippen LogP contribution in [-0.4, -0.2) is 33.9 Å². The first-order valence-electron chi connectivity index (χ1n) is 13.1. The highest BCUT2D eigenvalue weighted by Gasteiger charge is 2.34. The van der Waals surface area contributed by atoms with Crippen LogP contribution >= 0.6 is 0 Å². The molecule has 0 radical (unpaired) electrons. The third-order valence-corrected chi connectivity index (χ3v) is 6.60. The van der Waals surface area contributed by atoms with Gasteiger partial charge in [-0.15, -0.1) is 0 Å². The van der Waals surface area contributed by atoms with Crippen molar-refractivity contribution in [2.24, 2.45) is 4.99 Å². The summed E-state index contributed by atoms with van der Waals surface area (Å²) < 4.78 is 53.0.